The Labute approximate surface area is 518 Å². The van der Waals surface area contributed by atoms with Crippen molar-refractivity contribution in [1.82, 2.24) is 0 Å². The van der Waals surface area contributed by atoms with Gasteiger partial charge in [-0.1, -0.05) is 359 Å². The van der Waals surface area contributed by atoms with Crippen LogP contribution in [-0.4, -0.2) is 37.2 Å². The number of unbranched alkanes of at least 4 members (excludes halogenated alkanes) is 53. The van der Waals surface area contributed by atoms with Crippen molar-refractivity contribution in [1.29, 1.82) is 0 Å². The molecular weight excluding hydrogens is 1020 g/mol. The lowest BCUT2D eigenvalue weighted by Gasteiger charge is -2.18. The third-order valence-electron chi connectivity index (χ3n) is 17.1. The maximum absolute atomic E-state index is 12.9. The van der Waals surface area contributed by atoms with Crippen LogP contribution >= 0.6 is 0 Å². The van der Waals surface area contributed by atoms with E-state index in [0.717, 1.165) is 70.6 Å². The van der Waals surface area contributed by atoms with E-state index in [1.54, 1.807) is 0 Å². The molecular formula is C77H144O6. The minimum absolute atomic E-state index is 0.0687. The van der Waals surface area contributed by atoms with Gasteiger partial charge < -0.3 is 14.2 Å². The maximum atomic E-state index is 12.9. The minimum Gasteiger partial charge on any atom is -0.462 e. The zero-order chi connectivity index (χ0) is 59.9. The van der Waals surface area contributed by atoms with Crippen molar-refractivity contribution in [2.24, 2.45) is 0 Å². The second-order valence-electron chi connectivity index (χ2n) is 25.6. The summed E-state index contributed by atoms with van der Waals surface area (Å²) in [6.45, 7) is 6.70. The Balaban J connectivity index is 4.13. The van der Waals surface area contributed by atoms with Crippen LogP contribution in [0, 0.1) is 0 Å². The molecule has 0 aromatic heterocycles. The van der Waals surface area contributed by atoms with Crippen LogP contribution in [0.2, 0.25) is 0 Å². The second kappa shape index (κ2) is 72.1. The molecule has 0 spiro atoms. The molecule has 0 heterocycles. The van der Waals surface area contributed by atoms with Gasteiger partial charge in [-0.05, 0) is 77.0 Å². The summed E-state index contributed by atoms with van der Waals surface area (Å²) < 4.78 is 17.0. The summed E-state index contributed by atoms with van der Waals surface area (Å²) in [6.07, 6.45) is 90.5. The number of carbonyl (C=O) groups excluding carboxylic acids is 3. The molecule has 0 radical (unpaired) electrons. The first-order valence-electron chi connectivity index (χ1n) is 37.5. The smallest absolute Gasteiger partial charge is 0.306 e. The van der Waals surface area contributed by atoms with E-state index in [2.05, 4.69) is 57.2 Å². The Kier molecular flexibility index (Phi) is 70.0. The molecule has 0 N–H and O–H groups in total. The van der Waals surface area contributed by atoms with Gasteiger partial charge in [0.1, 0.15) is 13.2 Å². The lowest BCUT2D eigenvalue weighted by molar-refractivity contribution is -0.167. The third kappa shape index (κ3) is 70.3. The standard InChI is InChI=1S/C77H144O6/c1-4-7-10-13-16-19-22-25-28-31-32-33-34-35-36-37-38-39-40-41-42-43-44-45-46-47-50-52-55-58-61-64-67-70-76(79)82-73-74(83-77(80)71-68-65-62-59-56-53-49-30-27-24-21-18-15-12-9-6-3)72-81-75(78)69-66-63-60-57-54-51-48-29-26-23-20-17-14-11-8-5-2/h22,25,30-32,49,74H,4-21,23-24,26-29,33-48,50-73H2,1-3H3/b25-22-,32-31-,49-30-. The van der Waals surface area contributed by atoms with E-state index in [4.69, 9.17) is 14.2 Å². The molecule has 0 aromatic rings. The molecule has 6 heteroatoms. The normalized spacial score (nSPS) is 12.2. The predicted molar refractivity (Wildman–Crippen MR) is 362 cm³/mol. The molecule has 488 valence electrons. The highest BCUT2D eigenvalue weighted by molar-refractivity contribution is 5.71. The van der Waals surface area contributed by atoms with Crippen LogP contribution in [0.4, 0.5) is 0 Å². The van der Waals surface area contributed by atoms with Crippen LogP contribution in [0.1, 0.15) is 419 Å². The van der Waals surface area contributed by atoms with Crippen LogP contribution in [0.5, 0.6) is 0 Å². The topological polar surface area (TPSA) is 78.9 Å². The summed E-state index contributed by atoms with van der Waals surface area (Å²) in [4.78, 5) is 38.5. The monoisotopic (exact) mass is 1170 g/mol. The average molecular weight is 1170 g/mol. The molecule has 1 atom stereocenters. The largest absolute Gasteiger partial charge is 0.462 e. The van der Waals surface area contributed by atoms with Crippen molar-refractivity contribution in [3.8, 4) is 0 Å². The highest BCUT2D eigenvalue weighted by Crippen LogP contribution is 2.19. The SMILES string of the molecule is CCCCCCC/C=C\C/C=C\CCCCCCCCCCCCCCCCCCCCCCCC(=O)OCC(COC(=O)CCCCCCCCCCCCCCCCCC)OC(=O)CCCCCCC/C=C\CCCCCCCCC. The summed E-state index contributed by atoms with van der Waals surface area (Å²) in [5.74, 6) is -0.844. The van der Waals surface area contributed by atoms with E-state index in [1.165, 1.54) is 308 Å². The first-order chi connectivity index (χ1) is 41.0. The molecule has 0 aliphatic carbocycles. The first-order valence-corrected chi connectivity index (χ1v) is 37.5. The lowest BCUT2D eigenvalue weighted by atomic mass is 10.0. The molecule has 0 amide bonds. The van der Waals surface area contributed by atoms with E-state index >= 15 is 0 Å². The second-order valence-corrected chi connectivity index (χ2v) is 25.6. The summed E-state index contributed by atoms with van der Waals surface area (Å²) in [6, 6.07) is 0. The molecule has 6 nitrogen and oxygen atoms in total. The van der Waals surface area contributed by atoms with Crippen LogP contribution in [-0.2, 0) is 28.6 Å². The van der Waals surface area contributed by atoms with Crippen molar-refractivity contribution in [2.45, 2.75) is 425 Å². The number of rotatable bonds is 70. The van der Waals surface area contributed by atoms with Gasteiger partial charge in [0.2, 0.25) is 0 Å². The summed E-state index contributed by atoms with van der Waals surface area (Å²) in [5, 5.41) is 0. The molecule has 0 saturated heterocycles. The minimum atomic E-state index is -0.773. The highest BCUT2D eigenvalue weighted by atomic mass is 16.6. The van der Waals surface area contributed by atoms with Gasteiger partial charge in [0.25, 0.3) is 0 Å². The van der Waals surface area contributed by atoms with E-state index < -0.39 is 6.10 Å². The fourth-order valence-corrected chi connectivity index (χ4v) is 11.5. The Morgan fingerprint density at radius 2 is 0.434 bits per heavy atom. The van der Waals surface area contributed by atoms with Crippen LogP contribution in [0.25, 0.3) is 0 Å². The first kappa shape index (κ1) is 80.6. The van der Waals surface area contributed by atoms with E-state index in [0.29, 0.717) is 19.3 Å². The van der Waals surface area contributed by atoms with Crippen molar-refractivity contribution >= 4 is 17.9 Å². The number of allylic oxidation sites excluding steroid dienone is 6. The average Bonchev–Trinajstić information content (AvgIpc) is 3.49. The van der Waals surface area contributed by atoms with Gasteiger partial charge in [0, 0.05) is 19.3 Å². The molecule has 0 aliphatic heterocycles. The predicted octanol–water partition coefficient (Wildman–Crippen LogP) is 25.9. The summed E-state index contributed by atoms with van der Waals surface area (Å²) >= 11 is 0. The molecule has 0 rings (SSSR count). The number of carbonyl (C=O) groups is 3. The third-order valence-corrected chi connectivity index (χ3v) is 17.1. The number of esters is 3. The molecule has 0 aliphatic rings. The zero-order valence-corrected chi connectivity index (χ0v) is 56.2. The molecule has 0 aromatic carbocycles. The Hall–Kier alpha value is -2.37. The highest BCUT2D eigenvalue weighted by Gasteiger charge is 2.20. The lowest BCUT2D eigenvalue weighted by Crippen LogP contribution is -2.30. The number of hydrogen-bond donors (Lipinski definition) is 0. The van der Waals surface area contributed by atoms with Gasteiger partial charge in [-0.3, -0.25) is 14.4 Å². The van der Waals surface area contributed by atoms with Crippen molar-refractivity contribution in [2.75, 3.05) is 13.2 Å². The van der Waals surface area contributed by atoms with E-state index in [1.807, 2.05) is 0 Å². The van der Waals surface area contributed by atoms with Gasteiger partial charge in [0.05, 0.1) is 0 Å². The number of hydrogen-bond acceptors (Lipinski definition) is 6. The fourth-order valence-electron chi connectivity index (χ4n) is 11.5. The van der Waals surface area contributed by atoms with Crippen molar-refractivity contribution in [3.63, 3.8) is 0 Å². The summed E-state index contributed by atoms with van der Waals surface area (Å²) in [7, 11) is 0. The fraction of sp³-hybridized carbons (Fsp3) is 0.883. The van der Waals surface area contributed by atoms with Gasteiger partial charge in [0.15, 0.2) is 6.10 Å². The Morgan fingerprint density at radius 3 is 0.675 bits per heavy atom. The molecule has 83 heavy (non-hydrogen) atoms. The van der Waals surface area contributed by atoms with Gasteiger partial charge in [-0.2, -0.15) is 0 Å². The van der Waals surface area contributed by atoms with Gasteiger partial charge in [-0.15, -0.1) is 0 Å². The molecule has 0 saturated carbocycles. The van der Waals surface area contributed by atoms with Gasteiger partial charge in [-0.25, -0.2) is 0 Å². The summed E-state index contributed by atoms with van der Waals surface area (Å²) in [5.41, 5.74) is 0. The van der Waals surface area contributed by atoms with Crippen molar-refractivity contribution < 1.29 is 28.6 Å². The quantitative estimate of drug-likeness (QED) is 0.0261. The zero-order valence-electron chi connectivity index (χ0n) is 56.2. The van der Waals surface area contributed by atoms with Crippen molar-refractivity contribution in [3.05, 3.63) is 36.5 Å². The maximum Gasteiger partial charge on any atom is 0.306 e. The van der Waals surface area contributed by atoms with E-state index in [9.17, 15) is 14.4 Å². The number of ether oxygens (including phenoxy) is 3. The van der Waals surface area contributed by atoms with Crippen LogP contribution in [0.3, 0.4) is 0 Å². The molecule has 1 unspecified atom stereocenters. The Morgan fingerprint density at radius 1 is 0.241 bits per heavy atom. The Bertz CT molecular complexity index is 1380. The van der Waals surface area contributed by atoms with Crippen LogP contribution in [0.15, 0.2) is 36.5 Å². The van der Waals surface area contributed by atoms with Crippen LogP contribution < -0.4 is 0 Å². The molecule has 0 fully saturated rings. The molecule has 0 bridgehead atoms. The van der Waals surface area contributed by atoms with Gasteiger partial charge >= 0.3 is 17.9 Å². The van der Waals surface area contributed by atoms with E-state index in [-0.39, 0.29) is 31.1 Å².